The van der Waals surface area contributed by atoms with Crippen LogP contribution in [0, 0.1) is 0 Å². The summed E-state index contributed by atoms with van der Waals surface area (Å²) in [6.45, 7) is 2.38. The van der Waals surface area contributed by atoms with Gasteiger partial charge in [0.15, 0.2) is 0 Å². The molecule has 0 saturated heterocycles. The molecule has 0 saturated carbocycles. The van der Waals surface area contributed by atoms with Gasteiger partial charge in [-0.25, -0.2) is 4.79 Å². The van der Waals surface area contributed by atoms with Gasteiger partial charge in [0.2, 0.25) is 5.91 Å². The molecule has 8 heteroatoms. The van der Waals surface area contributed by atoms with Crippen LogP contribution < -0.4 is 15.4 Å². The predicted octanol–water partition coefficient (Wildman–Crippen LogP) is 3.43. The lowest BCUT2D eigenvalue weighted by Crippen LogP contribution is -2.47. The van der Waals surface area contributed by atoms with Crippen LogP contribution in [0.4, 0.5) is 10.5 Å². The van der Waals surface area contributed by atoms with Crippen molar-refractivity contribution in [1.82, 2.24) is 0 Å². The van der Waals surface area contributed by atoms with E-state index in [1.807, 2.05) is 6.07 Å². The number of phenols is 1. The second-order valence-electron chi connectivity index (χ2n) is 6.73. The molecule has 29 heavy (non-hydrogen) atoms. The molecule has 0 fully saturated rings. The molecule has 0 aromatic heterocycles. The lowest BCUT2D eigenvalue weighted by atomic mass is 9.98. The molecule has 1 amide bonds. The van der Waals surface area contributed by atoms with E-state index in [0.29, 0.717) is 22.8 Å². The van der Waals surface area contributed by atoms with Crippen LogP contribution in [0.2, 0.25) is 5.02 Å². The Bertz CT molecular complexity index is 918. The number of hydrogen-bond donors (Lipinski definition) is 2. The third-order valence-electron chi connectivity index (χ3n) is 4.71. The summed E-state index contributed by atoms with van der Waals surface area (Å²) in [4.78, 5) is 25.9. The highest BCUT2D eigenvalue weighted by atomic mass is 35.5. The van der Waals surface area contributed by atoms with Crippen LogP contribution in [0.3, 0.4) is 0 Å². The van der Waals surface area contributed by atoms with Crippen LogP contribution in [-0.4, -0.2) is 36.4 Å². The molecule has 1 aliphatic heterocycles. The Balaban J connectivity index is 1.72. The van der Waals surface area contributed by atoms with Crippen molar-refractivity contribution in [2.45, 2.75) is 32.2 Å². The molecule has 1 atom stereocenters. The Kier molecular flexibility index (Phi) is 6.61. The highest BCUT2D eigenvalue weighted by Gasteiger charge is 2.29. The zero-order chi connectivity index (χ0) is 21.0. The van der Waals surface area contributed by atoms with Crippen LogP contribution in [-0.2, 0) is 22.4 Å². The van der Waals surface area contributed by atoms with E-state index in [-0.39, 0.29) is 30.4 Å². The standard InChI is InChI=1S/C21H23ClN2O5/c1-2-28-21(27)29-15-9-8-14(16(22)12-15)11-17(23)20(26)24-10-4-6-13-5-3-7-18(25)19(13)24/h3,5,7-9,12,17,25H,2,4,6,10-11,23H2,1H3/t17-/m1/s1. The zero-order valence-corrected chi connectivity index (χ0v) is 16.8. The van der Waals surface area contributed by atoms with Gasteiger partial charge in [0.25, 0.3) is 0 Å². The van der Waals surface area contributed by atoms with Gasteiger partial charge >= 0.3 is 6.16 Å². The van der Waals surface area contributed by atoms with Gasteiger partial charge < -0.3 is 25.2 Å². The second-order valence-corrected chi connectivity index (χ2v) is 7.13. The molecule has 1 aliphatic rings. The van der Waals surface area contributed by atoms with Crippen LogP contribution in [0.1, 0.15) is 24.5 Å². The highest BCUT2D eigenvalue weighted by molar-refractivity contribution is 6.31. The van der Waals surface area contributed by atoms with E-state index in [9.17, 15) is 14.7 Å². The molecule has 3 N–H and O–H groups in total. The Morgan fingerprint density at radius 3 is 2.83 bits per heavy atom. The number of phenolic OH excluding ortho intramolecular Hbond substituents is 1. The first-order valence-corrected chi connectivity index (χ1v) is 9.79. The van der Waals surface area contributed by atoms with E-state index in [0.717, 1.165) is 18.4 Å². The van der Waals surface area contributed by atoms with E-state index in [2.05, 4.69) is 0 Å². The lowest BCUT2D eigenvalue weighted by Gasteiger charge is -2.32. The molecular formula is C21H23ClN2O5. The molecule has 2 aromatic rings. The number of carbonyl (C=O) groups is 2. The summed E-state index contributed by atoms with van der Waals surface area (Å²) in [5.74, 6) is 0.0311. The lowest BCUT2D eigenvalue weighted by molar-refractivity contribution is -0.119. The predicted molar refractivity (Wildman–Crippen MR) is 110 cm³/mol. The number of fused-ring (bicyclic) bond motifs is 1. The first-order chi connectivity index (χ1) is 13.9. The first kappa shape index (κ1) is 21.0. The van der Waals surface area contributed by atoms with Crippen LogP contribution in [0.5, 0.6) is 11.5 Å². The monoisotopic (exact) mass is 418 g/mol. The summed E-state index contributed by atoms with van der Waals surface area (Å²) >= 11 is 6.28. The normalized spacial score (nSPS) is 14.1. The largest absolute Gasteiger partial charge is 0.513 e. The second kappa shape index (κ2) is 9.15. The fourth-order valence-corrected chi connectivity index (χ4v) is 3.62. The quantitative estimate of drug-likeness (QED) is 0.569. The molecule has 0 unspecified atom stereocenters. The summed E-state index contributed by atoms with van der Waals surface area (Å²) in [6, 6.07) is 9.10. The number of hydrogen-bond acceptors (Lipinski definition) is 6. The summed E-state index contributed by atoms with van der Waals surface area (Å²) in [7, 11) is 0. The topological polar surface area (TPSA) is 102 Å². The van der Waals surface area contributed by atoms with Gasteiger partial charge in [0.05, 0.1) is 18.3 Å². The molecule has 2 aromatic carbocycles. The number of ether oxygens (including phenoxy) is 2. The molecular weight excluding hydrogens is 396 g/mol. The van der Waals surface area contributed by atoms with Crippen molar-refractivity contribution < 1.29 is 24.2 Å². The van der Waals surface area contributed by atoms with E-state index >= 15 is 0 Å². The minimum Gasteiger partial charge on any atom is -0.506 e. The molecule has 1 heterocycles. The maximum atomic E-state index is 13.0. The third kappa shape index (κ3) is 4.81. The van der Waals surface area contributed by atoms with Crippen molar-refractivity contribution in [1.29, 1.82) is 0 Å². The smallest absolute Gasteiger partial charge is 0.506 e. The van der Waals surface area contributed by atoms with Gasteiger partial charge in [0.1, 0.15) is 11.5 Å². The first-order valence-electron chi connectivity index (χ1n) is 9.41. The van der Waals surface area contributed by atoms with Crippen LogP contribution >= 0.6 is 11.6 Å². The summed E-state index contributed by atoms with van der Waals surface area (Å²) in [6.07, 6.45) is 0.995. The minimum absolute atomic E-state index is 0.0706. The molecule has 3 rings (SSSR count). The number of aromatic hydroxyl groups is 1. The molecule has 0 bridgehead atoms. The van der Waals surface area contributed by atoms with E-state index < -0.39 is 12.2 Å². The number of nitrogens with two attached hydrogens (primary N) is 1. The SMILES string of the molecule is CCOC(=O)Oc1ccc(C[C@@H](N)C(=O)N2CCCc3cccc(O)c32)c(Cl)c1. The Labute approximate surface area is 174 Å². The summed E-state index contributed by atoms with van der Waals surface area (Å²) in [5, 5.41) is 10.6. The van der Waals surface area contributed by atoms with E-state index in [1.54, 1.807) is 36.1 Å². The number of anilines is 1. The van der Waals surface area contributed by atoms with Gasteiger partial charge in [-0.15, -0.1) is 0 Å². The Hall–Kier alpha value is -2.77. The van der Waals surface area contributed by atoms with Crippen molar-refractivity contribution in [3.05, 3.63) is 52.5 Å². The van der Waals surface area contributed by atoms with Gasteiger partial charge in [-0.2, -0.15) is 0 Å². The van der Waals surface area contributed by atoms with Crippen molar-refractivity contribution in [2.75, 3.05) is 18.1 Å². The molecule has 154 valence electrons. The number of benzene rings is 2. The summed E-state index contributed by atoms with van der Waals surface area (Å²) < 4.78 is 9.73. The molecule has 7 nitrogen and oxygen atoms in total. The summed E-state index contributed by atoms with van der Waals surface area (Å²) in [5.41, 5.74) is 8.29. The molecule has 0 radical (unpaired) electrons. The fourth-order valence-electron chi connectivity index (χ4n) is 3.38. The van der Waals surface area contributed by atoms with Gasteiger partial charge in [-0.1, -0.05) is 29.8 Å². The molecule has 0 aliphatic carbocycles. The number of carbonyl (C=O) groups excluding carboxylic acids is 2. The van der Waals surface area contributed by atoms with Gasteiger partial charge in [0, 0.05) is 11.6 Å². The van der Waals surface area contributed by atoms with Crippen LogP contribution in [0.25, 0.3) is 0 Å². The van der Waals surface area contributed by atoms with E-state index in [1.165, 1.54) is 6.07 Å². The van der Waals surface area contributed by atoms with Gasteiger partial charge in [-0.3, -0.25) is 4.79 Å². The van der Waals surface area contributed by atoms with Crippen molar-refractivity contribution >= 4 is 29.4 Å². The van der Waals surface area contributed by atoms with Crippen molar-refractivity contribution in [3.8, 4) is 11.5 Å². The average Bonchev–Trinajstić information content (AvgIpc) is 2.69. The minimum atomic E-state index is -0.838. The maximum absolute atomic E-state index is 13.0. The number of aryl methyl sites for hydroxylation is 1. The van der Waals surface area contributed by atoms with Crippen LogP contribution in [0.15, 0.2) is 36.4 Å². The number of amides is 1. The fraction of sp³-hybridized carbons (Fsp3) is 0.333. The zero-order valence-electron chi connectivity index (χ0n) is 16.1. The van der Waals surface area contributed by atoms with E-state index in [4.69, 9.17) is 26.8 Å². The Morgan fingerprint density at radius 2 is 2.10 bits per heavy atom. The van der Waals surface area contributed by atoms with Crippen molar-refractivity contribution in [2.24, 2.45) is 5.73 Å². The maximum Gasteiger partial charge on any atom is 0.513 e. The number of nitrogens with zero attached hydrogens (tertiary/aromatic N) is 1. The average molecular weight is 419 g/mol. The van der Waals surface area contributed by atoms with Crippen molar-refractivity contribution in [3.63, 3.8) is 0 Å². The number of para-hydroxylation sites is 1. The van der Waals surface area contributed by atoms with Gasteiger partial charge in [-0.05, 0) is 55.5 Å². The Morgan fingerprint density at radius 1 is 1.31 bits per heavy atom. The number of halogens is 1. The highest BCUT2D eigenvalue weighted by Crippen LogP contribution is 2.36. The third-order valence-corrected chi connectivity index (χ3v) is 5.06. The number of rotatable bonds is 5. The molecule has 0 spiro atoms.